The number of para-hydroxylation sites is 1. The highest BCUT2D eigenvalue weighted by Crippen LogP contribution is 2.33. The van der Waals surface area contributed by atoms with Crippen LogP contribution in [-0.4, -0.2) is 43.0 Å². The Labute approximate surface area is 212 Å². The van der Waals surface area contributed by atoms with Crippen molar-refractivity contribution in [2.24, 2.45) is 5.10 Å². The quantitative estimate of drug-likeness (QED) is 0.191. The third-order valence-corrected chi connectivity index (χ3v) is 5.80. The zero-order valence-corrected chi connectivity index (χ0v) is 20.8. The molecule has 37 heavy (non-hydrogen) atoms. The van der Waals surface area contributed by atoms with E-state index in [2.05, 4.69) is 5.10 Å². The summed E-state index contributed by atoms with van der Waals surface area (Å²) in [7, 11) is 5.35. The molecule has 0 N–H and O–H groups in total. The smallest absolute Gasteiger partial charge is 0.308 e. The summed E-state index contributed by atoms with van der Waals surface area (Å²) in [6.07, 6.45) is 1.46. The van der Waals surface area contributed by atoms with Crippen molar-refractivity contribution in [2.75, 3.05) is 26.1 Å². The predicted octanol–water partition coefficient (Wildman–Crippen LogP) is 4.69. The second-order valence-corrected chi connectivity index (χ2v) is 8.51. The number of benzene rings is 3. The minimum absolute atomic E-state index is 0.220. The minimum Gasteiger partial charge on any atom is -0.496 e. The fraction of sp³-hybridized carbons (Fsp3) is 0.143. The van der Waals surface area contributed by atoms with Gasteiger partial charge in [0, 0.05) is 38.3 Å². The first kappa shape index (κ1) is 23.8. The van der Waals surface area contributed by atoms with E-state index in [-0.39, 0.29) is 11.4 Å². The molecule has 0 amide bonds. The van der Waals surface area contributed by atoms with Crippen molar-refractivity contribution >= 4 is 39.7 Å². The molecule has 5 aromatic rings. The van der Waals surface area contributed by atoms with Crippen LogP contribution in [-0.2, 0) is 4.79 Å². The molecule has 3 aromatic carbocycles. The monoisotopic (exact) mass is 496 g/mol. The molecular formula is C28H24N4O5. The number of ether oxygens (including phenoxy) is 2. The first-order valence-electron chi connectivity index (χ1n) is 11.5. The zero-order valence-electron chi connectivity index (χ0n) is 20.8. The maximum atomic E-state index is 13.5. The Morgan fingerprint density at radius 2 is 1.84 bits per heavy atom. The molecule has 0 spiro atoms. The van der Waals surface area contributed by atoms with E-state index in [4.69, 9.17) is 18.9 Å². The Hall–Kier alpha value is -4.92. The molecule has 0 radical (unpaired) electrons. The number of methoxy groups -OCH3 is 1. The Morgan fingerprint density at radius 3 is 2.59 bits per heavy atom. The average molecular weight is 497 g/mol. The van der Waals surface area contributed by atoms with E-state index in [1.54, 1.807) is 43.5 Å². The third-order valence-electron chi connectivity index (χ3n) is 5.80. The van der Waals surface area contributed by atoms with Gasteiger partial charge in [-0.25, -0.2) is 4.98 Å². The molecule has 0 aliphatic rings. The highest BCUT2D eigenvalue weighted by atomic mass is 16.5. The molecule has 0 saturated heterocycles. The van der Waals surface area contributed by atoms with Gasteiger partial charge in [-0.1, -0.05) is 18.2 Å². The van der Waals surface area contributed by atoms with Gasteiger partial charge in [0.15, 0.2) is 5.76 Å². The standard InChI is InChI=1S/C28H24N4O5/c1-17(33)36-25-14-19(31(2)3)13-12-18(25)16-29-32-27(30-22-9-6-5-8-20(22)28(32)34)26-15-21-23(35-4)10-7-11-24(21)37-26/h5-16H,1-4H3. The van der Waals surface area contributed by atoms with Crippen LogP contribution >= 0.6 is 0 Å². The lowest BCUT2D eigenvalue weighted by Gasteiger charge is -2.15. The van der Waals surface area contributed by atoms with Gasteiger partial charge in [-0.15, -0.1) is 0 Å². The maximum Gasteiger partial charge on any atom is 0.308 e. The summed E-state index contributed by atoms with van der Waals surface area (Å²) in [6, 6.07) is 19.6. The Morgan fingerprint density at radius 1 is 1.03 bits per heavy atom. The lowest BCUT2D eigenvalue weighted by molar-refractivity contribution is -0.131. The highest BCUT2D eigenvalue weighted by Gasteiger charge is 2.18. The minimum atomic E-state index is -0.466. The number of anilines is 1. The average Bonchev–Trinajstić information content (AvgIpc) is 3.32. The van der Waals surface area contributed by atoms with Gasteiger partial charge < -0.3 is 18.8 Å². The summed E-state index contributed by atoms with van der Waals surface area (Å²) >= 11 is 0. The lowest BCUT2D eigenvalue weighted by Crippen LogP contribution is -2.20. The summed E-state index contributed by atoms with van der Waals surface area (Å²) in [6.45, 7) is 1.33. The number of fused-ring (bicyclic) bond motifs is 2. The zero-order chi connectivity index (χ0) is 26.1. The summed E-state index contributed by atoms with van der Waals surface area (Å²) in [5.41, 5.74) is 2.08. The van der Waals surface area contributed by atoms with Crippen molar-refractivity contribution in [2.45, 2.75) is 6.92 Å². The largest absolute Gasteiger partial charge is 0.496 e. The van der Waals surface area contributed by atoms with Gasteiger partial charge in [0.2, 0.25) is 5.82 Å². The molecule has 0 atom stereocenters. The number of carbonyl (C=O) groups is 1. The van der Waals surface area contributed by atoms with E-state index < -0.39 is 5.97 Å². The number of hydrogen-bond donors (Lipinski definition) is 0. The molecular weight excluding hydrogens is 472 g/mol. The maximum absolute atomic E-state index is 13.5. The summed E-state index contributed by atoms with van der Waals surface area (Å²) in [5.74, 6) is 1.06. The van der Waals surface area contributed by atoms with Crippen LogP contribution < -0.4 is 19.9 Å². The molecule has 0 aliphatic heterocycles. The second-order valence-electron chi connectivity index (χ2n) is 8.51. The van der Waals surface area contributed by atoms with E-state index in [0.29, 0.717) is 39.3 Å². The molecule has 0 bridgehead atoms. The number of esters is 1. The number of aromatic nitrogens is 2. The summed E-state index contributed by atoms with van der Waals surface area (Å²) in [5, 5.41) is 5.63. The number of carbonyl (C=O) groups excluding carboxylic acids is 1. The van der Waals surface area contributed by atoms with E-state index in [9.17, 15) is 9.59 Å². The molecule has 0 saturated carbocycles. The number of furan rings is 1. The van der Waals surface area contributed by atoms with Crippen LogP contribution in [0.25, 0.3) is 33.5 Å². The normalized spacial score (nSPS) is 11.4. The van der Waals surface area contributed by atoms with Crippen molar-refractivity contribution in [3.8, 4) is 23.1 Å². The van der Waals surface area contributed by atoms with Gasteiger partial charge in [0.05, 0.1) is 29.6 Å². The van der Waals surface area contributed by atoms with Gasteiger partial charge >= 0.3 is 5.97 Å². The van der Waals surface area contributed by atoms with Gasteiger partial charge in [-0.05, 0) is 42.5 Å². The molecule has 9 heteroatoms. The molecule has 2 aromatic heterocycles. The molecule has 0 unspecified atom stereocenters. The molecule has 5 rings (SSSR count). The first-order valence-corrected chi connectivity index (χ1v) is 11.5. The van der Waals surface area contributed by atoms with E-state index in [1.165, 1.54) is 17.8 Å². The van der Waals surface area contributed by atoms with Crippen LogP contribution in [0, 0.1) is 0 Å². The Bertz CT molecular complexity index is 1730. The SMILES string of the molecule is COc1cccc2oc(-c3nc4ccccc4c(=O)n3N=Cc3ccc(N(C)C)cc3OC(C)=O)cc12. The van der Waals surface area contributed by atoms with Crippen molar-refractivity contribution in [1.29, 1.82) is 0 Å². The van der Waals surface area contributed by atoms with Crippen molar-refractivity contribution in [3.63, 3.8) is 0 Å². The first-order chi connectivity index (χ1) is 17.9. The summed E-state index contributed by atoms with van der Waals surface area (Å²) < 4.78 is 18.1. The van der Waals surface area contributed by atoms with Gasteiger partial charge in [-0.3, -0.25) is 9.59 Å². The topological polar surface area (TPSA) is 99.2 Å². The van der Waals surface area contributed by atoms with Crippen LogP contribution in [0.15, 0.2) is 81.0 Å². The van der Waals surface area contributed by atoms with Crippen molar-refractivity contribution in [1.82, 2.24) is 9.66 Å². The third kappa shape index (κ3) is 4.54. The number of hydrogen-bond acceptors (Lipinski definition) is 8. The fourth-order valence-corrected chi connectivity index (χ4v) is 3.98. The van der Waals surface area contributed by atoms with Gasteiger partial charge in [0.25, 0.3) is 5.56 Å². The molecule has 2 heterocycles. The van der Waals surface area contributed by atoms with Gasteiger partial charge in [-0.2, -0.15) is 9.78 Å². The number of rotatable bonds is 6. The Kier molecular flexibility index (Phi) is 6.19. The number of nitrogens with zero attached hydrogens (tertiary/aromatic N) is 4. The van der Waals surface area contributed by atoms with Crippen LogP contribution in [0.2, 0.25) is 0 Å². The van der Waals surface area contributed by atoms with E-state index in [0.717, 1.165) is 11.1 Å². The second kappa shape index (κ2) is 9.62. The molecule has 0 aliphatic carbocycles. The lowest BCUT2D eigenvalue weighted by atomic mass is 10.2. The van der Waals surface area contributed by atoms with E-state index in [1.807, 2.05) is 49.3 Å². The van der Waals surface area contributed by atoms with Crippen molar-refractivity contribution < 1.29 is 18.7 Å². The Balaban J connectivity index is 1.70. The molecule has 0 fully saturated rings. The summed E-state index contributed by atoms with van der Waals surface area (Å²) in [4.78, 5) is 31.9. The van der Waals surface area contributed by atoms with Crippen LogP contribution in [0.4, 0.5) is 5.69 Å². The molecule has 186 valence electrons. The fourth-order valence-electron chi connectivity index (χ4n) is 3.98. The van der Waals surface area contributed by atoms with Crippen molar-refractivity contribution in [3.05, 3.63) is 82.6 Å². The molecule has 9 nitrogen and oxygen atoms in total. The van der Waals surface area contributed by atoms with Crippen LogP contribution in [0.1, 0.15) is 12.5 Å². The predicted molar refractivity (Wildman–Crippen MR) is 143 cm³/mol. The highest BCUT2D eigenvalue weighted by molar-refractivity contribution is 5.89. The van der Waals surface area contributed by atoms with Gasteiger partial charge in [0.1, 0.15) is 17.1 Å². The van der Waals surface area contributed by atoms with E-state index >= 15 is 0 Å². The van der Waals surface area contributed by atoms with Crippen LogP contribution in [0.5, 0.6) is 11.5 Å². The van der Waals surface area contributed by atoms with Crippen LogP contribution in [0.3, 0.4) is 0 Å².